The molecule has 15 rings (SSSR count). The average molecular weight is 933 g/mol. The first-order valence-electron chi connectivity index (χ1n) is 23.7. The van der Waals surface area contributed by atoms with Crippen LogP contribution in [0, 0.1) is 40.5 Å². The van der Waals surface area contributed by atoms with Crippen LogP contribution in [-0.4, -0.2) is 164 Å². The van der Waals surface area contributed by atoms with Crippen molar-refractivity contribution in [2.75, 3.05) is 105 Å². The molecule has 0 N–H and O–H groups in total. The lowest BCUT2D eigenvalue weighted by Gasteiger charge is -2.36. The lowest BCUT2D eigenvalue weighted by atomic mass is 10.0. The highest BCUT2D eigenvalue weighted by Crippen LogP contribution is 2.33. The van der Waals surface area contributed by atoms with Crippen LogP contribution in [0.15, 0.2) is 72.8 Å². The van der Waals surface area contributed by atoms with Gasteiger partial charge in [0.1, 0.15) is 0 Å². The number of benzene rings is 4. The highest BCUT2D eigenvalue weighted by molar-refractivity contribution is 5.51. The topological polar surface area (TPSA) is 198 Å². The summed E-state index contributed by atoms with van der Waals surface area (Å²) in [6.07, 6.45) is 0. The molecule has 0 amide bonds. The molecule has 0 aromatic heterocycles. The van der Waals surface area contributed by atoms with Gasteiger partial charge in [0.25, 0.3) is 22.7 Å². The number of hydrogen-bond donors (Lipinski definition) is 0. The zero-order valence-corrected chi connectivity index (χ0v) is 38.5. The van der Waals surface area contributed by atoms with Gasteiger partial charge in [-0.2, -0.15) is 0 Å². The van der Waals surface area contributed by atoms with E-state index >= 15 is 0 Å². The van der Waals surface area contributed by atoms with E-state index in [1.807, 2.05) is 72.8 Å². The predicted octanol–water partition coefficient (Wildman–Crippen LogP) is 4.90. The minimum Gasteiger partial charge on any atom is -0.296 e. The van der Waals surface area contributed by atoms with Crippen molar-refractivity contribution in [3.63, 3.8) is 0 Å². The second-order valence-corrected chi connectivity index (χ2v) is 18.9. The first kappa shape index (κ1) is 47.2. The Labute approximate surface area is 395 Å². The van der Waals surface area contributed by atoms with Gasteiger partial charge in [-0.15, -0.1) is 0 Å². The molecule has 360 valence electrons. The SMILES string of the molecule is O=[N+]([O-])c1c2cccc1CN1CCN(CC1)Cc1cccc(c1[N+](=O)[O-])CN1CCN(CC1)Cc1cccc(c1[N+](=O)[O-])CN1CCN(CC1)Cc1cccc(c1[N+](=O)[O-])CN1CCN(CC1)C2. The van der Waals surface area contributed by atoms with Crippen molar-refractivity contribution in [1.82, 2.24) is 39.2 Å². The Hall–Kier alpha value is -5.84. The van der Waals surface area contributed by atoms with Gasteiger partial charge in [-0.3, -0.25) is 79.7 Å². The van der Waals surface area contributed by atoms with Crippen LogP contribution in [0.1, 0.15) is 44.5 Å². The molecule has 0 atom stereocenters. The third-order valence-corrected chi connectivity index (χ3v) is 14.6. The van der Waals surface area contributed by atoms with Crippen molar-refractivity contribution in [2.45, 2.75) is 52.4 Å². The van der Waals surface area contributed by atoms with Crippen LogP contribution in [0.25, 0.3) is 0 Å². The summed E-state index contributed by atoms with van der Waals surface area (Å²) in [6.45, 7) is 13.9. The fourth-order valence-corrected chi connectivity index (χ4v) is 10.9. The molecule has 11 heterocycles. The summed E-state index contributed by atoms with van der Waals surface area (Å²) in [5.41, 5.74) is 5.87. The number of rotatable bonds is 4. The second-order valence-electron chi connectivity index (χ2n) is 18.9. The van der Waals surface area contributed by atoms with Gasteiger partial charge in [0.2, 0.25) is 0 Å². The standard InChI is InChI=1S/C48H60N12O8/c61-57(62)45-37-5-1-6-38(45)30-50-15-19-52(20-16-50)32-40-8-3-10-42(47(40)59(65)66)34-54-23-27-56(28-24-54)36-44-12-4-11-43(48(44)60(67)68)35-55-25-21-53(22-26-55)33-41-9-2-7-39(46(41)58(63)64)31-51-17-13-49(29-37)14-18-51/h1-12H,13-36H2. The van der Waals surface area contributed by atoms with Gasteiger partial charge in [0.05, 0.1) is 19.7 Å². The van der Waals surface area contributed by atoms with Crippen LogP contribution in [0.4, 0.5) is 22.7 Å². The molecular weight excluding hydrogens is 873 g/mol. The lowest BCUT2D eigenvalue weighted by molar-refractivity contribution is -0.386. The van der Waals surface area contributed by atoms with Crippen molar-refractivity contribution in [1.29, 1.82) is 0 Å². The van der Waals surface area contributed by atoms with E-state index in [0.29, 0.717) is 202 Å². The quantitative estimate of drug-likeness (QED) is 0.198. The zero-order chi connectivity index (χ0) is 47.3. The molecule has 4 saturated heterocycles. The molecule has 0 saturated carbocycles. The molecular formula is C48H60N12O8. The maximum atomic E-state index is 12.7. The van der Waals surface area contributed by atoms with Crippen LogP contribution in [0.2, 0.25) is 0 Å². The molecule has 11 aliphatic heterocycles. The monoisotopic (exact) mass is 932 g/mol. The highest BCUT2D eigenvalue weighted by Gasteiger charge is 2.32. The van der Waals surface area contributed by atoms with Gasteiger partial charge >= 0.3 is 0 Å². The van der Waals surface area contributed by atoms with Gasteiger partial charge < -0.3 is 0 Å². The lowest BCUT2D eigenvalue weighted by Crippen LogP contribution is -2.46. The summed E-state index contributed by atoms with van der Waals surface area (Å²) in [7, 11) is 0. The maximum Gasteiger partial charge on any atom is 0.278 e. The summed E-state index contributed by atoms with van der Waals surface area (Å²) in [6, 6.07) is 22.3. The van der Waals surface area contributed by atoms with Gasteiger partial charge in [-0.25, -0.2) is 0 Å². The van der Waals surface area contributed by atoms with Crippen LogP contribution in [0.3, 0.4) is 0 Å². The van der Waals surface area contributed by atoms with Gasteiger partial charge in [0, 0.05) is 202 Å². The number of nitro groups is 4. The summed E-state index contributed by atoms with van der Waals surface area (Å²) in [5.74, 6) is 0. The first-order valence-corrected chi connectivity index (χ1v) is 23.7. The van der Waals surface area contributed by atoms with Crippen molar-refractivity contribution < 1.29 is 19.7 Å². The molecule has 0 radical (unpaired) electrons. The van der Waals surface area contributed by atoms with Crippen molar-refractivity contribution in [2.24, 2.45) is 0 Å². The normalized spacial score (nSPS) is 27.1. The van der Waals surface area contributed by atoms with Gasteiger partial charge in [-0.1, -0.05) is 72.8 Å². The Morgan fingerprint density at radius 2 is 0.368 bits per heavy atom. The Morgan fingerprint density at radius 3 is 0.471 bits per heavy atom. The molecule has 16 bridgehead atoms. The molecule has 4 aromatic carbocycles. The predicted molar refractivity (Wildman–Crippen MR) is 255 cm³/mol. The van der Waals surface area contributed by atoms with Crippen LogP contribution >= 0.6 is 0 Å². The van der Waals surface area contributed by atoms with Crippen molar-refractivity contribution in [3.05, 3.63) is 158 Å². The van der Waals surface area contributed by atoms with E-state index in [4.69, 9.17) is 0 Å². The first-order chi connectivity index (χ1) is 32.9. The molecule has 20 heteroatoms. The number of nitrogens with zero attached hydrogens (tertiary/aromatic N) is 12. The summed E-state index contributed by atoms with van der Waals surface area (Å²) >= 11 is 0. The fourth-order valence-electron chi connectivity index (χ4n) is 10.9. The van der Waals surface area contributed by atoms with Gasteiger partial charge in [0.15, 0.2) is 0 Å². The van der Waals surface area contributed by atoms with E-state index in [0.717, 1.165) is 0 Å². The van der Waals surface area contributed by atoms with E-state index in [1.165, 1.54) is 0 Å². The maximum absolute atomic E-state index is 12.7. The van der Waals surface area contributed by atoms with E-state index < -0.39 is 0 Å². The number of piperazine rings is 4. The van der Waals surface area contributed by atoms with E-state index in [2.05, 4.69) is 39.2 Å². The second kappa shape index (κ2) is 21.2. The molecule has 20 nitrogen and oxygen atoms in total. The Bertz CT molecular complexity index is 2030. The molecule has 11 aliphatic rings. The molecule has 0 unspecified atom stereocenters. The van der Waals surface area contributed by atoms with Crippen molar-refractivity contribution >= 4 is 22.7 Å². The van der Waals surface area contributed by atoms with E-state index in [1.54, 1.807) is 0 Å². The van der Waals surface area contributed by atoms with Crippen LogP contribution in [-0.2, 0) is 52.4 Å². The minimum absolute atomic E-state index is 0.141. The number of hydrogen-bond acceptors (Lipinski definition) is 16. The molecule has 4 fully saturated rings. The van der Waals surface area contributed by atoms with E-state index in [9.17, 15) is 40.5 Å². The number of nitro benzene ring substituents is 4. The zero-order valence-electron chi connectivity index (χ0n) is 38.5. The summed E-state index contributed by atoms with van der Waals surface area (Å²) < 4.78 is 0. The fraction of sp³-hybridized carbons (Fsp3) is 0.500. The largest absolute Gasteiger partial charge is 0.296 e. The third kappa shape index (κ3) is 11.0. The smallest absolute Gasteiger partial charge is 0.278 e. The van der Waals surface area contributed by atoms with Crippen molar-refractivity contribution in [3.8, 4) is 0 Å². The average Bonchev–Trinajstić information content (AvgIpc) is 3.31. The van der Waals surface area contributed by atoms with Gasteiger partial charge in [-0.05, 0) is 0 Å². The minimum atomic E-state index is -0.265. The molecule has 68 heavy (non-hydrogen) atoms. The summed E-state index contributed by atoms with van der Waals surface area (Å²) in [5, 5.41) is 50.6. The van der Waals surface area contributed by atoms with Crippen LogP contribution in [0.5, 0.6) is 0 Å². The highest BCUT2D eigenvalue weighted by atomic mass is 16.6. The van der Waals surface area contributed by atoms with Crippen LogP contribution < -0.4 is 0 Å². The third-order valence-electron chi connectivity index (χ3n) is 14.6. The Kier molecular flexibility index (Phi) is 14.7. The summed E-state index contributed by atoms with van der Waals surface area (Å²) in [4.78, 5) is 67.3. The Morgan fingerprint density at radius 1 is 0.250 bits per heavy atom. The van der Waals surface area contributed by atoms with E-state index in [-0.39, 0.29) is 42.4 Å². The molecule has 4 aromatic rings. The molecule has 0 spiro atoms. The number of para-hydroxylation sites is 4. The molecule has 0 aliphatic carbocycles. The Balaban J connectivity index is 0.947.